The van der Waals surface area contributed by atoms with E-state index in [1.165, 1.54) is 0 Å². The zero-order chi connectivity index (χ0) is 18.2. The summed E-state index contributed by atoms with van der Waals surface area (Å²) in [5.74, 6) is 0.444. The number of nitrogens with one attached hydrogen (secondary N) is 2. The number of hydrogen-bond acceptors (Lipinski definition) is 3. The average molecular weight is 461 g/mol. The van der Waals surface area contributed by atoms with Gasteiger partial charge in [-0.3, -0.25) is 5.43 Å². The number of hydrazone groups is 1. The monoisotopic (exact) mass is 459 g/mol. The second-order valence-electron chi connectivity index (χ2n) is 4.96. The van der Waals surface area contributed by atoms with Gasteiger partial charge >= 0.3 is 0 Å². The summed E-state index contributed by atoms with van der Waals surface area (Å²) in [5.41, 5.74) is 4.46. The molecule has 25 heavy (non-hydrogen) atoms. The van der Waals surface area contributed by atoms with Crippen molar-refractivity contribution in [3.8, 4) is 5.75 Å². The molecular formula is C17H16BrCl2N3OS. The molecule has 2 N–H and O–H groups in total. The number of benzene rings is 2. The molecule has 0 bridgehead atoms. The van der Waals surface area contributed by atoms with Crippen molar-refractivity contribution < 1.29 is 4.74 Å². The largest absolute Gasteiger partial charge is 0.486 e. The van der Waals surface area contributed by atoms with Gasteiger partial charge in [-0.15, -0.1) is 0 Å². The molecule has 0 radical (unpaired) electrons. The molecule has 0 atom stereocenters. The van der Waals surface area contributed by atoms with Crippen molar-refractivity contribution in [2.24, 2.45) is 5.10 Å². The SMILES string of the molecule is CCNC(=S)N/N=C\c1cc(Cl)c(OCc2ccc(Br)cc2)c(Cl)c1. The highest BCUT2D eigenvalue weighted by Gasteiger charge is 2.09. The van der Waals surface area contributed by atoms with Crippen LogP contribution in [0.15, 0.2) is 46.0 Å². The molecule has 0 aliphatic rings. The fraction of sp³-hybridized carbons (Fsp3) is 0.176. The van der Waals surface area contributed by atoms with Gasteiger partial charge in [-0.25, -0.2) is 0 Å². The zero-order valence-electron chi connectivity index (χ0n) is 13.4. The molecule has 0 fully saturated rings. The average Bonchev–Trinajstić information content (AvgIpc) is 2.56. The lowest BCUT2D eigenvalue weighted by Gasteiger charge is -2.11. The lowest BCUT2D eigenvalue weighted by atomic mass is 10.2. The first-order valence-electron chi connectivity index (χ1n) is 7.42. The van der Waals surface area contributed by atoms with Crippen molar-refractivity contribution in [3.63, 3.8) is 0 Å². The molecule has 0 spiro atoms. The Kier molecular flexibility index (Phi) is 7.96. The summed E-state index contributed by atoms with van der Waals surface area (Å²) in [5, 5.41) is 8.25. The van der Waals surface area contributed by atoms with Crippen molar-refractivity contribution in [1.29, 1.82) is 0 Å². The van der Waals surface area contributed by atoms with E-state index in [0.717, 1.165) is 22.1 Å². The van der Waals surface area contributed by atoms with Crippen LogP contribution in [0.3, 0.4) is 0 Å². The second kappa shape index (κ2) is 9.97. The van der Waals surface area contributed by atoms with Crippen LogP contribution in [0.4, 0.5) is 0 Å². The number of ether oxygens (including phenoxy) is 1. The third kappa shape index (κ3) is 6.47. The Morgan fingerprint density at radius 1 is 1.24 bits per heavy atom. The van der Waals surface area contributed by atoms with E-state index >= 15 is 0 Å². The van der Waals surface area contributed by atoms with Gasteiger partial charge in [0.05, 0.1) is 16.3 Å². The number of thiocarbonyl (C=S) groups is 1. The van der Waals surface area contributed by atoms with Gasteiger partial charge in [-0.05, 0) is 54.5 Å². The maximum absolute atomic E-state index is 6.28. The van der Waals surface area contributed by atoms with E-state index < -0.39 is 0 Å². The standard InChI is InChI=1S/C17H16BrCl2N3OS/c1-2-21-17(25)23-22-9-12-7-14(19)16(15(20)8-12)24-10-11-3-5-13(18)6-4-11/h3-9H,2,10H2,1H3,(H2,21,23,25)/b22-9-. The van der Waals surface area contributed by atoms with Crippen molar-refractivity contribution >= 4 is 62.7 Å². The molecule has 0 unspecified atom stereocenters. The van der Waals surface area contributed by atoms with E-state index in [2.05, 4.69) is 31.8 Å². The van der Waals surface area contributed by atoms with E-state index in [1.54, 1.807) is 18.3 Å². The molecule has 0 aliphatic heterocycles. The van der Waals surface area contributed by atoms with Crippen LogP contribution in [0, 0.1) is 0 Å². The van der Waals surface area contributed by atoms with Crippen LogP contribution in [-0.2, 0) is 6.61 Å². The maximum atomic E-state index is 6.28. The molecule has 0 saturated carbocycles. The van der Waals surface area contributed by atoms with Crippen LogP contribution < -0.4 is 15.5 Å². The predicted octanol–water partition coefficient (Wildman–Crippen LogP) is 5.15. The summed E-state index contributed by atoms with van der Waals surface area (Å²) in [6, 6.07) is 11.3. The summed E-state index contributed by atoms with van der Waals surface area (Å²) in [7, 11) is 0. The Hall–Kier alpha value is -1.34. The summed E-state index contributed by atoms with van der Waals surface area (Å²) in [6.45, 7) is 3.05. The van der Waals surface area contributed by atoms with Gasteiger partial charge in [0, 0.05) is 11.0 Å². The fourth-order valence-electron chi connectivity index (χ4n) is 1.89. The van der Waals surface area contributed by atoms with Gasteiger partial charge in [0.1, 0.15) is 6.61 Å². The highest BCUT2D eigenvalue weighted by atomic mass is 79.9. The minimum absolute atomic E-state index is 0.374. The van der Waals surface area contributed by atoms with E-state index in [-0.39, 0.29) is 0 Å². The van der Waals surface area contributed by atoms with Crippen LogP contribution in [0.25, 0.3) is 0 Å². The Labute approximate surface area is 170 Å². The Bertz CT molecular complexity index is 746. The van der Waals surface area contributed by atoms with Crippen molar-refractivity contribution in [2.75, 3.05) is 6.54 Å². The zero-order valence-corrected chi connectivity index (χ0v) is 17.3. The first kappa shape index (κ1) is 20.0. The van der Waals surface area contributed by atoms with E-state index in [9.17, 15) is 0 Å². The first-order valence-corrected chi connectivity index (χ1v) is 9.38. The highest BCUT2D eigenvalue weighted by Crippen LogP contribution is 2.34. The number of rotatable bonds is 6. The molecule has 2 rings (SSSR count). The van der Waals surface area contributed by atoms with Crippen LogP contribution in [-0.4, -0.2) is 17.9 Å². The molecule has 8 heteroatoms. The summed E-state index contributed by atoms with van der Waals surface area (Å²) < 4.78 is 6.77. The van der Waals surface area contributed by atoms with Gasteiger partial charge in [-0.1, -0.05) is 51.3 Å². The molecule has 0 aromatic heterocycles. The van der Waals surface area contributed by atoms with Gasteiger partial charge in [0.15, 0.2) is 10.9 Å². The Morgan fingerprint density at radius 2 is 1.88 bits per heavy atom. The third-order valence-electron chi connectivity index (χ3n) is 3.03. The molecule has 0 saturated heterocycles. The van der Waals surface area contributed by atoms with Crippen LogP contribution >= 0.6 is 51.3 Å². The molecule has 0 aliphatic carbocycles. The lowest BCUT2D eigenvalue weighted by molar-refractivity contribution is 0.306. The molecule has 2 aromatic rings. The number of nitrogens with zero attached hydrogens (tertiary/aromatic N) is 1. The maximum Gasteiger partial charge on any atom is 0.186 e. The van der Waals surface area contributed by atoms with Gasteiger partial charge in [0.2, 0.25) is 0 Å². The third-order valence-corrected chi connectivity index (χ3v) is 4.36. The number of halogens is 3. The predicted molar refractivity (Wildman–Crippen MR) is 112 cm³/mol. The quantitative estimate of drug-likeness (QED) is 0.355. The Balaban J connectivity index is 2.02. The first-order chi connectivity index (χ1) is 12.0. The van der Waals surface area contributed by atoms with E-state index in [1.807, 2.05) is 31.2 Å². The van der Waals surface area contributed by atoms with Gasteiger partial charge in [0.25, 0.3) is 0 Å². The van der Waals surface area contributed by atoms with Crippen molar-refractivity contribution in [2.45, 2.75) is 13.5 Å². The topological polar surface area (TPSA) is 45.7 Å². The smallest absolute Gasteiger partial charge is 0.186 e. The van der Waals surface area contributed by atoms with E-state index in [0.29, 0.717) is 27.5 Å². The van der Waals surface area contributed by atoms with Crippen LogP contribution in [0.5, 0.6) is 5.75 Å². The molecule has 0 amide bonds. The molecule has 0 heterocycles. The molecule has 4 nitrogen and oxygen atoms in total. The Morgan fingerprint density at radius 3 is 2.48 bits per heavy atom. The molecular weight excluding hydrogens is 445 g/mol. The van der Waals surface area contributed by atoms with Crippen LogP contribution in [0.1, 0.15) is 18.1 Å². The highest BCUT2D eigenvalue weighted by molar-refractivity contribution is 9.10. The summed E-state index contributed by atoms with van der Waals surface area (Å²) >= 11 is 21.0. The van der Waals surface area contributed by atoms with Gasteiger partial charge in [-0.2, -0.15) is 5.10 Å². The van der Waals surface area contributed by atoms with Crippen molar-refractivity contribution in [1.82, 2.24) is 10.7 Å². The summed E-state index contributed by atoms with van der Waals surface area (Å²) in [4.78, 5) is 0. The normalized spacial score (nSPS) is 10.7. The van der Waals surface area contributed by atoms with Crippen molar-refractivity contribution in [3.05, 3.63) is 62.0 Å². The second-order valence-corrected chi connectivity index (χ2v) is 7.10. The number of hydrogen-bond donors (Lipinski definition) is 2. The lowest BCUT2D eigenvalue weighted by Crippen LogP contribution is -2.31. The minimum atomic E-state index is 0.374. The van der Waals surface area contributed by atoms with E-state index in [4.69, 9.17) is 40.2 Å². The molecule has 2 aromatic carbocycles. The molecule has 132 valence electrons. The van der Waals surface area contributed by atoms with Crippen LogP contribution in [0.2, 0.25) is 10.0 Å². The fourth-order valence-corrected chi connectivity index (χ4v) is 2.97. The minimum Gasteiger partial charge on any atom is -0.486 e. The summed E-state index contributed by atoms with van der Waals surface area (Å²) in [6.07, 6.45) is 1.58. The van der Waals surface area contributed by atoms with Gasteiger partial charge < -0.3 is 10.1 Å².